The summed E-state index contributed by atoms with van der Waals surface area (Å²) in [5.74, 6) is 0.279. The zero-order chi connectivity index (χ0) is 14.5. The van der Waals surface area contributed by atoms with Gasteiger partial charge in [-0.25, -0.2) is 0 Å². The molecule has 1 saturated heterocycles. The van der Waals surface area contributed by atoms with Gasteiger partial charge in [0.25, 0.3) is 0 Å². The highest BCUT2D eigenvalue weighted by Gasteiger charge is 2.26. The third-order valence-corrected chi connectivity index (χ3v) is 3.84. The van der Waals surface area contributed by atoms with Gasteiger partial charge in [-0.1, -0.05) is 13.8 Å². The van der Waals surface area contributed by atoms with Crippen molar-refractivity contribution < 1.29 is 4.79 Å². The van der Waals surface area contributed by atoms with Gasteiger partial charge in [-0.15, -0.1) is 0 Å². The third-order valence-electron chi connectivity index (χ3n) is 3.84. The smallest absolute Gasteiger partial charge is 0.239 e. The Morgan fingerprint density at radius 3 is 2.40 bits per heavy atom. The molecule has 2 rings (SSSR count). The van der Waals surface area contributed by atoms with E-state index in [4.69, 9.17) is 5.73 Å². The van der Waals surface area contributed by atoms with Crippen molar-refractivity contribution in [1.82, 2.24) is 14.8 Å². The molecule has 0 unspecified atom stereocenters. The highest BCUT2D eigenvalue weighted by Crippen LogP contribution is 2.10. The van der Waals surface area contributed by atoms with Crippen LogP contribution in [-0.2, 0) is 11.3 Å². The Hall–Kier alpha value is -1.46. The molecule has 0 bridgehead atoms. The second-order valence-electron chi connectivity index (χ2n) is 5.73. The first-order chi connectivity index (χ1) is 9.58. The van der Waals surface area contributed by atoms with Crippen LogP contribution in [0.2, 0.25) is 0 Å². The second kappa shape index (κ2) is 6.81. The first-order valence-electron chi connectivity index (χ1n) is 7.23. The molecule has 1 aromatic heterocycles. The van der Waals surface area contributed by atoms with Crippen molar-refractivity contribution in [3.63, 3.8) is 0 Å². The first kappa shape index (κ1) is 14.9. The molecule has 0 saturated carbocycles. The summed E-state index contributed by atoms with van der Waals surface area (Å²) in [6.45, 7) is 8.23. The summed E-state index contributed by atoms with van der Waals surface area (Å²) in [5.41, 5.74) is 7.20. The number of hydrogen-bond donors (Lipinski definition) is 1. The summed E-state index contributed by atoms with van der Waals surface area (Å²) in [7, 11) is 0. The summed E-state index contributed by atoms with van der Waals surface area (Å²) in [4.78, 5) is 20.5. The van der Waals surface area contributed by atoms with Gasteiger partial charge in [0.2, 0.25) is 5.91 Å². The summed E-state index contributed by atoms with van der Waals surface area (Å²) < 4.78 is 0. The van der Waals surface area contributed by atoms with Crippen LogP contribution in [-0.4, -0.2) is 52.9 Å². The van der Waals surface area contributed by atoms with Crippen LogP contribution in [0.5, 0.6) is 0 Å². The van der Waals surface area contributed by atoms with E-state index < -0.39 is 0 Å². The second-order valence-corrected chi connectivity index (χ2v) is 5.73. The summed E-state index contributed by atoms with van der Waals surface area (Å²) in [6, 6.07) is 3.69. The maximum atomic E-state index is 12.2. The Morgan fingerprint density at radius 2 is 1.85 bits per heavy atom. The Labute approximate surface area is 120 Å². The number of hydrogen-bond acceptors (Lipinski definition) is 4. The third kappa shape index (κ3) is 3.77. The number of piperazine rings is 1. The van der Waals surface area contributed by atoms with Crippen LogP contribution < -0.4 is 5.73 Å². The fourth-order valence-corrected chi connectivity index (χ4v) is 2.37. The lowest BCUT2D eigenvalue weighted by molar-refractivity contribution is -0.135. The zero-order valence-corrected chi connectivity index (χ0v) is 12.3. The van der Waals surface area contributed by atoms with Crippen molar-refractivity contribution >= 4 is 5.91 Å². The predicted molar refractivity (Wildman–Crippen MR) is 78.9 cm³/mol. The van der Waals surface area contributed by atoms with Crippen LogP contribution in [0.1, 0.15) is 19.4 Å². The van der Waals surface area contributed by atoms with Crippen molar-refractivity contribution in [3.8, 4) is 0 Å². The normalized spacial score (nSPS) is 18.3. The van der Waals surface area contributed by atoms with E-state index in [-0.39, 0.29) is 17.9 Å². The van der Waals surface area contributed by atoms with Crippen LogP contribution >= 0.6 is 0 Å². The summed E-state index contributed by atoms with van der Waals surface area (Å²) in [6.07, 6.45) is 3.63. The van der Waals surface area contributed by atoms with Crippen LogP contribution in [0.15, 0.2) is 24.5 Å². The molecule has 1 fully saturated rings. The lowest BCUT2D eigenvalue weighted by Crippen LogP contribution is -2.54. The van der Waals surface area contributed by atoms with Crippen LogP contribution in [0.4, 0.5) is 0 Å². The minimum Gasteiger partial charge on any atom is -0.339 e. The number of aromatic nitrogens is 1. The number of nitrogens with zero attached hydrogens (tertiary/aromatic N) is 3. The molecule has 2 N–H and O–H groups in total. The zero-order valence-electron chi connectivity index (χ0n) is 12.3. The molecule has 1 aliphatic rings. The van der Waals surface area contributed by atoms with E-state index in [1.165, 1.54) is 5.56 Å². The van der Waals surface area contributed by atoms with Crippen molar-refractivity contribution in [2.75, 3.05) is 26.2 Å². The number of carbonyl (C=O) groups excluding carboxylic acids is 1. The average Bonchev–Trinajstić information content (AvgIpc) is 2.47. The Bertz CT molecular complexity index is 427. The van der Waals surface area contributed by atoms with Gasteiger partial charge in [-0.05, 0) is 23.6 Å². The van der Waals surface area contributed by atoms with E-state index >= 15 is 0 Å². The predicted octanol–water partition coefficient (Wildman–Crippen LogP) is 0.709. The molecule has 2 heterocycles. The number of carbonyl (C=O) groups is 1. The van der Waals surface area contributed by atoms with Crippen molar-refractivity contribution in [1.29, 1.82) is 0 Å². The Kier molecular flexibility index (Phi) is 5.09. The van der Waals surface area contributed by atoms with E-state index in [1.807, 2.05) is 43.3 Å². The molecule has 1 amide bonds. The van der Waals surface area contributed by atoms with E-state index in [9.17, 15) is 4.79 Å². The van der Waals surface area contributed by atoms with Crippen molar-refractivity contribution in [2.45, 2.75) is 26.4 Å². The highest BCUT2D eigenvalue weighted by molar-refractivity contribution is 5.82. The topological polar surface area (TPSA) is 62.5 Å². The van der Waals surface area contributed by atoms with Crippen molar-refractivity contribution in [2.24, 2.45) is 11.7 Å². The van der Waals surface area contributed by atoms with Gasteiger partial charge in [-0.2, -0.15) is 0 Å². The average molecular weight is 276 g/mol. The van der Waals surface area contributed by atoms with Crippen LogP contribution in [0.3, 0.4) is 0 Å². The van der Waals surface area contributed by atoms with Gasteiger partial charge in [-0.3, -0.25) is 14.7 Å². The monoisotopic (exact) mass is 276 g/mol. The fourth-order valence-electron chi connectivity index (χ4n) is 2.37. The molecule has 0 radical (unpaired) electrons. The first-order valence-corrected chi connectivity index (χ1v) is 7.23. The van der Waals surface area contributed by atoms with E-state index in [1.54, 1.807) is 0 Å². The molecule has 5 nitrogen and oxygen atoms in total. The van der Waals surface area contributed by atoms with Gasteiger partial charge in [0.05, 0.1) is 6.04 Å². The van der Waals surface area contributed by atoms with Crippen LogP contribution in [0.25, 0.3) is 0 Å². The fraction of sp³-hybridized carbons (Fsp3) is 0.600. The standard InChI is InChI=1S/C15H24N4O/c1-12(2)14(16)15(20)19-9-7-18(8-10-19)11-13-3-5-17-6-4-13/h3-6,12,14H,7-11,16H2,1-2H3/t14-/m1/s1. The van der Waals surface area contributed by atoms with Gasteiger partial charge in [0, 0.05) is 45.1 Å². The van der Waals surface area contributed by atoms with Gasteiger partial charge < -0.3 is 10.6 Å². The van der Waals surface area contributed by atoms with Crippen molar-refractivity contribution in [3.05, 3.63) is 30.1 Å². The highest BCUT2D eigenvalue weighted by atomic mass is 16.2. The van der Waals surface area contributed by atoms with E-state index in [0.29, 0.717) is 0 Å². The molecular weight excluding hydrogens is 252 g/mol. The van der Waals surface area contributed by atoms with Gasteiger partial charge in [0.1, 0.15) is 0 Å². The van der Waals surface area contributed by atoms with E-state index in [0.717, 1.165) is 32.7 Å². The van der Waals surface area contributed by atoms with Gasteiger partial charge in [0.15, 0.2) is 0 Å². The quantitative estimate of drug-likeness (QED) is 0.880. The molecular formula is C15H24N4O. The molecule has 1 aliphatic heterocycles. The SMILES string of the molecule is CC(C)[C@@H](N)C(=O)N1CCN(Cc2ccncc2)CC1. The lowest BCUT2D eigenvalue weighted by Gasteiger charge is -2.36. The van der Waals surface area contributed by atoms with Crippen LogP contribution in [0, 0.1) is 5.92 Å². The minimum atomic E-state index is -0.373. The number of nitrogens with two attached hydrogens (primary N) is 1. The number of amides is 1. The number of rotatable bonds is 4. The lowest BCUT2D eigenvalue weighted by atomic mass is 10.0. The Balaban J connectivity index is 1.82. The van der Waals surface area contributed by atoms with Gasteiger partial charge >= 0.3 is 0 Å². The molecule has 0 aromatic carbocycles. The molecule has 1 aromatic rings. The molecule has 20 heavy (non-hydrogen) atoms. The van der Waals surface area contributed by atoms with E-state index in [2.05, 4.69) is 9.88 Å². The molecule has 5 heteroatoms. The largest absolute Gasteiger partial charge is 0.339 e. The minimum absolute atomic E-state index is 0.0866. The maximum Gasteiger partial charge on any atom is 0.239 e. The Morgan fingerprint density at radius 1 is 1.25 bits per heavy atom. The number of pyridine rings is 1. The molecule has 0 spiro atoms. The maximum absolute atomic E-state index is 12.2. The molecule has 0 aliphatic carbocycles. The summed E-state index contributed by atoms with van der Waals surface area (Å²) in [5, 5.41) is 0. The summed E-state index contributed by atoms with van der Waals surface area (Å²) >= 11 is 0. The molecule has 1 atom stereocenters. The molecule has 110 valence electrons.